The van der Waals surface area contributed by atoms with Gasteiger partial charge in [-0.1, -0.05) is 29.3 Å². The van der Waals surface area contributed by atoms with Crippen molar-refractivity contribution in [3.63, 3.8) is 0 Å². The van der Waals surface area contributed by atoms with Crippen molar-refractivity contribution in [2.75, 3.05) is 18.5 Å². The van der Waals surface area contributed by atoms with Crippen LogP contribution in [0.15, 0.2) is 0 Å². The van der Waals surface area contributed by atoms with Crippen LogP contribution in [0.25, 0.3) is 0 Å². The predicted octanol–water partition coefficient (Wildman–Crippen LogP) is 3.22. The van der Waals surface area contributed by atoms with E-state index >= 15 is 0 Å². The van der Waals surface area contributed by atoms with Crippen molar-refractivity contribution in [3.05, 3.63) is 0 Å². The van der Waals surface area contributed by atoms with Crippen molar-refractivity contribution < 1.29 is 4.74 Å². The van der Waals surface area contributed by atoms with Crippen LogP contribution < -0.4 is 0 Å². The fourth-order valence-electron chi connectivity index (χ4n) is 1.67. The number of alkyl halides is 1. The molecule has 0 amide bonds. The third-order valence-electron chi connectivity index (χ3n) is 2.80. The lowest BCUT2D eigenvalue weighted by Crippen LogP contribution is -2.05. The number of halogens is 1. The van der Waals surface area contributed by atoms with Gasteiger partial charge in [-0.05, 0) is 31.1 Å². The molecule has 0 aliphatic carbocycles. The summed E-state index contributed by atoms with van der Waals surface area (Å²) in [5.41, 5.74) is 0. The zero-order valence-electron chi connectivity index (χ0n) is 7.89. The van der Waals surface area contributed by atoms with Gasteiger partial charge in [-0.3, -0.25) is 0 Å². The van der Waals surface area contributed by atoms with Gasteiger partial charge in [0, 0.05) is 18.5 Å². The van der Waals surface area contributed by atoms with Gasteiger partial charge in [0.2, 0.25) is 0 Å². The first-order valence-electron chi connectivity index (χ1n) is 5.00. The van der Waals surface area contributed by atoms with Gasteiger partial charge in [-0.25, -0.2) is 0 Å². The lowest BCUT2D eigenvalue weighted by molar-refractivity contribution is 0.182. The molecule has 1 aliphatic heterocycles. The van der Waals surface area contributed by atoms with Gasteiger partial charge in [-0.2, -0.15) is 0 Å². The monoisotopic (exact) mass is 234 g/mol. The second-order valence-electron chi connectivity index (χ2n) is 3.74. The summed E-state index contributed by atoms with van der Waals surface area (Å²) in [7, 11) is 0. The summed E-state index contributed by atoms with van der Waals surface area (Å²) in [5.74, 6) is 1.74. The van der Waals surface area contributed by atoms with Crippen LogP contribution in [0.2, 0.25) is 0 Å². The van der Waals surface area contributed by atoms with Gasteiger partial charge in [0.1, 0.15) is 0 Å². The number of hydrogen-bond acceptors (Lipinski definition) is 1. The van der Waals surface area contributed by atoms with Crippen LogP contribution in [-0.4, -0.2) is 18.5 Å². The summed E-state index contributed by atoms with van der Waals surface area (Å²) in [6.07, 6.45) is 5.33. The van der Waals surface area contributed by atoms with Crippen LogP contribution >= 0.6 is 15.9 Å². The molecular formula is C10H19BrO. The third kappa shape index (κ3) is 3.44. The Hall–Kier alpha value is 0.440. The Morgan fingerprint density at radius 2 is 2.42 bits per heavy atom. The Morgan fingerprint density at radius 1 is 1.58 bits per heavy atom. The van der Waals surface area contributed by atoms with E-state index < -0.39 is 0 Å². The largest absolute Gasteiger partial charge is 0.381 e. The van der Waals surface area contributed by atoms with E-state index in [1.54, 1.807) is 0 Å². The molecule has 72 valence electrons. The molecule has 0 aromatic heterocycles. The summed E-state index contributed by atoms with van der Waals surface area (Å²) in [6.45, 7) is 4.28. The Labute approximate surface area is 84.0 Å². The topological polar surface area (TPSA) is 9.23 Å². The zero-order valence-corrected chi connectivity index (χ0v) is 9.48. The Balaban J connectivity index is 2.06. The SMILES string of the molecule is CCC(CBr)CCC1CCOC1. The molecule has 2 unspecified atom stereocenters. The summed E-state index contributed by atoms with van der Waals surface area (Å²) < 4.78 is 5.34. The van der Waals surface area contributed by atoms with Crippen LogP contribution in [0.3, 0.4) is 0 Å². The Kier molecular flexibility index (Phi) is 5.24. The molecule has 1 fully saturated rings. The second kappa shape index (κ2) is 5.98. The van der Waals surface area contributed by atoms with Crippen molar-refractivity contribution in [2.45, 2.75) is 32.6 Å². The number of ether oxygens (including phenoxy) is 1. The maximum atomic E-state index is 5.34. The molecule has 1 rings (SSSR count). The molecular weight excluding hydrogens is 216 g/mol. The Morgan fingerprint density at radius 3 is 2.92 bits per heavy atom. The lowest BCUT2D eigenvalue weighted by Gasteiger charge is -2.13. The molecule has 0 saturated carbocycles. The first-order chi connectivity index (χ1) is 5.86. The van der Waals surface area contributed by atoms with Crippen LogP contribution in [0.4, 0.5) is 0 Å². The van der Waals surface area contributed by atoms with Crippen LogP contribution in [0.5, 0.6) is 0 Å². The van der Waals surface area contributed by atoms with Crippen molar-refractivity contribution in [1.29, 1.82) is 0 Å². The summed E-state index contributed by atoms with van der Waals surface area (Å²) in [4.78, 5) is 0. The summed E-state index contributed by atoms with van der Waals surface area (Å²) in [5, 5.41) is 1.16. The minimum Gasteiger partial charge on any atom is -0.381 e. The molecule has 1 saturated heterocycles. The highest BCUT2D eigenvalue weighted by Gasteiger charge is 2.16. The van der Waals surface area contributed by atoms with Gasteiger partial charge in [0.15, 0.2) is 0 Å². The molecule has 0 radical (unpaired) electrons. The van der Waals surface area contributed by atoms with E-state index in [2.05, 4.69) is 22.9 Å². The smallest absolute Gasteiger partial charge is 0.0495 e. The van der Waals surface area contributed by atoms with E-state index in [0.717, 1.165) is 30.4 Å². The van der Waals surface area contributed by atoms with E-state index in [0.29, 0.717) is 0 Å². The number of rotatable bonds is 5. The minimum absolute atomic E-state index is 0.859. The first-order valence-corrected chi connectivity index (χ1v) is 6.12. The maximum Gasteiger partial charge on any atom is 0.0495 e. The standard InChI is InChI=1S/C10H19BrO/c1-2-9(7-11)3-4-10-5-6-12-8-10/h9-10H,2-8H2,1H3. The molecule has 12 heavy (non-hydrogen) atoms. The highest BCUT2D eigenvalue weighted by molar-refractivity contribution is 9.09. The van der Waals surface area contributed by atoms with E-state index in [-0.39, 0.29) is 0 Å². The van der Waals surface area contributed by atoms with Crippen LogP contribution in [0, 0.1) is 11.8 Å². The Bertz CT molecular complexity index is 104. The lowest BCUT2D eigenvalue weighted by atomic mass is 9.95. The van der Waals surface area contributed by atoms with E-state index in [4.69, 9.17) is 4.74 Å². The van der Waals surface area contributed by atoms with Crippen molar-refractivity contribution >= 4 is 15.9 Å². The molecule has 0 bridgehead atoms. The zero-order chi connectivity index (χ0) is 8.81. The third-order valence-corrected chi connectivity index (χ3v) is 3.72. The fraction of sp³-hybridized carbons (Fsp3) is 1.00. The van der Waals surface area contributed by atoms with E-state index in [9.17, 15) is 0 Å². The van der Waals surface area contributed by atoms with Crippen molar-refractivity contribution in [2.24, 2.45) is 11.8 Å². The van der Waals surface area contributed by atoms with Crippen LogP contribution in [-0.2, 0) is 4.74 Å². The van der Waals surface area contributed by atoms with E-state index in [1.807, 2.05) is 0 Å². The van der Waals surface area contributed by atoms with E-state index in [1.165, 1.54) is 25.7 Å². The molecule has 0 aromatic carbocycles. The normalized spacial score (nSPS) is 26.0. The molecule has 0 aromatic rings. The van der Waals surface area contributed by atoms with Crippen LogP contribution in [0.1, 0.15) is 32.6 Å². The number of hydrogen-bond donors (Lipinski definition) is 0. The molecule has 2 atom stereocenters. The molecule has 0 N–H and O–H groups in total. The first kappa shape index (κ1) is 10.5. The summed E-state index contributed by atoms with van der Waals surface area (Å²) >= 11 is 3.55. The second-order valence-corrected chi connectivity index (χ2v) is 4.38. The van der Waals surface area contributed by atoms with Gasteiger partial charge in [0.05, 0.1) is 0 Å². The van der Waals surface area contributed by atoms with Gasteiger partial charge in [0.25, 0.3) is 0 Å². The molecule has 1 aliphatic rings. The van der Waals surface area contributed by atoms with Gasteiger partial charge in [-0.15, -0.1) is 0 Å². The summed E-state index contributed by atoms with van der Waals surface area (Å²) in [6, 6.07) is 0. The molecule has 1 heterocycles. The highest BCUT2D eigenvalue weighted by Crippen LogP contribution is 2.22. The molecule has 1 nitrogen and oxygen atoms in total. The van der Waals surface area contributed by atoms with Gasteiger partial charge >= 0.3 is 0 Å². The average molecular weight is 235 g/mol. The van der Waals surface area contributed by atoms with Crippen molar-refractivity contribution in [1.82, 2.24) is 0 Å². The predicted molar refractivity (Wildman–Crippen MR) is 55.7 cm³/mol. The molecule has 2 heteroatoms. The molecule has 0 spiro atoms. The maximum absolute atomic E-state index is 5.34. The highest BCUT2D eigenvalue weighted by atomic mass is 79.9. The minimum atomic E-state index is 0.859. The fourth-order valence-corrected chi connectivity index (χ4v) is 2.45. The quantitative estimate of drug-likeness (QED) is 0.665. The average Bonchev–Trinajstić information content (AvgIpc) is 2.59. The van der Waals surface area contributed by atoms with Crippen molar-refractivity contribution in [3.8, 4) is 0 Å². The van der Waals surface area contributed by atoms with Gasteiger partial charge < -0.3 is 4.74 Å².